The van der Waals surface area contributed by atoms with Crippen LogP contribution in [0.15, 0.2) is 11.1 Å². The lowest BCUT2D eigenvalue weighted by atomic mass is 10.2. The smallest absolute Gasteiger partial charge is 0.277 e. The molecule has 0 radical (unpaired) electrons. The number of aromatic amines is 1. The van der Waals surface area contributed by atoms with Gasteiger partial charge in [0.25, 0.3) is 5.56 Å². The van der Waals surface area contributed by atoms with Crippen LogP contribution in [0.2, 0.25) is 0 Å². The van der Waals surface area contributed by atoms with Crippen LogP contribution in [0.25, 0.3) is 11.2 Å². The minimum atomic E-state index is -0.105. The van der Waals surface area contributed by atoms with Crippen molar-refractivity contribution < 1.29 is 0 Å². The predicted octanol–water partition coefficient (Wildman–Crippen LogP) is 0.999. The summed E-state index contributed by atoms with van der Waals surface area (Å²) in [4.78, 5) is 22.9. The van der Waals surface area contributed by atoms with Crippen molar-refractivity contribution >= 4 is 11.2 Å². The van der Waals surface area contributed by atoms with Gasteiger partial charge in [-0.05, 0) is 6.42 Å². The molecule has 2 rings (SSSR count). The van der Waals surface area contributed by atoms with Gasteiger partial charge in [-0.15, -0.1) is 0 Å². The Morgan fingerprint density at radius 2 is 2.33 bits per heavy atom. The third kappa shape index (κ3) is 1.77. The van der Waals surface area contributed by atoms with Gasteiger partial charge in [-0.3, -0.25) is 4.79 Å². The summed E-state index contributed by atoms with van der Waals surface area (Å²) >= 11 is 0. The minimum Gasteiger partial charge on any atom is -0.328 e. The van der Waals surface area contributed by atoms with E-state index in [1.165, 1.54) is 0 Å². The zero-order valence-corrected chi connectivity index (χ0v) is 8.95. The first-order valence-electron chi connectivity index (χ1n) is 5.12. The molecule has 0 bridgehead atoms. The lowest BCUT2D eigenvalue weighted by Gasteiger charge is -1.99. The Kier molecular flexibility index (Phi) is 2.53. The molecule has 0 spiro atoms. The zero-order valence-electron chi connectivity index (χ0n) is 8.95. The average Bonchev–Trinajstić information content (AvgIpc) is 2.58. The molecular weight excluding hydrogens is 192 g/mol. The van der Waals surface area contributed by atoms with Crippen molar-refractivity contribution in [2.24, 2.45) is 7.05 Å². The fourth-order valence-corrected chi connectivity index (χ4v) is 1.57. The summed E-state index contributed by atoms with van der Waals surface area (Å²) in [5.41, 5.74) is 0.966. The highest BCUT2D eigenvalue weighted by Crippen LogP contribution is 2.04. The molecule has 0 amide bonds. The highest BCUT2D eigenvalue weighted by atomic mass is 16.1. The number of fused-ring (bicyclic) bond motifs is 1. The quantitative estimate of drug-likeness (QED) is 0.814. The van der Waals surface area contributed by atoms with Crippen molar-refractivity contribution in [1.82, 2.24) is 19.5 Å². The van der Waals surface area contributed by atoms with E-state index in [1.54, 1.807) is 17.9 Å². The van der Waals surface area contributed by atoms with Crippen LogP contribution in [-0.2, 0) is 13.5 Å². The molecule has 0 aliphatic rings. The Labute approximate surface area is 87.2 Å². The van der Waals surface area contributed by atoms with Crippen LogP contribution >= 0.6 is 0 Å². The number of unbranched alkanes of at least 4 members (excludes halogenated alkanes) is 1. The molecule has 0 aliphatic heterocycles. The summed E-state index contributed by atoms with van der Waals surface area (Å²) < 4.78 is 1.69. The number of aromatic nitrogens is 4. The second kappa shape index (κ2) is 3.84. The van der Waals surface area contributed by atoms with Gasteiger partial charge in [-0.1, -0.05) is 13.3 Å². The van der Waals surface area contributed by atoms with E-state index in [1.807, 2.05) is 0 Å². The second-order valence-electron chi connectivity index (χ2n) is 3.64. The van der Waals surface area contributed by atoms with Crippen molar-refractivity contribution in [1.29, 1.82) is 0 Å². The van der Waals surface area contributed by atoms with Gasteiger partial charge >= 0.3 is 0 Å². The minimum absolute atomic E-state index is 0.105. The van der Waals surface area contributed by atoms with Gasteiger partial charge < -0.3 is 9.55 Å². The van der Waals surface area contributed by atoms with Crippen LogP contribution in [0.3, 0.4) is 0 Å². The maximum atomic E-state index is 11.7. The lowest BCUT2D eigenvalue weighted by molar-refractivity contribution is 0.752. The fourth-order valence-electron chi connectivity index (χ4n) is 1.57. The van der Waals surface area contributed by atoms with Gasteiger partial charge in [0.15, 0.2) is 11.2 Å². The summed E-state index contributed by atoms with van der Waals surface area (Å²) in [6.45, 7) is 2.11. The van der Waals surface area contributed by atoms with E-state index in [0.29, 0.717) is 11.2 Å². The van der Waals surface area contributed by atoms with Gasteiger partial charge in [0.1, 0.15) is 5.82 Å². The Hall–Kier alpha value is -1.65. The van der Waals surface area contributed by atoms with Crippen molar-refractivity contribution in [3.63, 3.8) is 0 Å². The Balaban J connectivity index is 2.49. The molecular formula is C10H14N4O. The number of hydrogen-bond acceptors (Lipinski definition) is 3. The van der Waals surface area contributed by atoms with E-state index in [-0.39, 0.29) is 5.56 Å². The van der Waals surface area contributed by atoms with E-state index in [2.05, 4.69) is 21.9 Å². The molecule has 5 heteroatoms. The third-order valence-corrected chi connectivity index (χ3v) is 2.40. The average molecular weight is 206 g/mol. The molecule has 2 aromatic rings. The summed E-state index contributed by atoms with van der Waals surface area (Å²) in [5, 5.41) is 0. The van der Waals surface area contributed by atoms with Crippen molar-refractivity contribution in [2.45, 2.75) is 26.2 Å². The van der Waals surface area contributed by atoms with Gasteiger partial charge in [0.05, 0.1) is 6.33 Å². The monoisotopic (exact) mass is 206 g/mol. The van der Waals surface area contributed by atoms with Crippen molar-refractivity contribution in [2.75, 3.05) is 0 Å². The maximum Gasteiger partial charge on any atom is 0.277 e. The summed E-state index contributed by atoms with van der Waals surface area (Å²) in [6, 6.07) is 0. The second-order valence-corrected chi connectivity index (χ2v) is 3.64. The normalized spacial score (nSPS) is 11.1. The molecule has 2 heterocycles. The molecule has 5 nitrogen and oxygen atoms in total. The highest BCUT2D eigenvalue weighted by Gasteiger charge is 2.07. The molecule has 0 aliphatic carbocycles. The lowest BCUT2D eigenvalue weighted by Crippen LogP contribution is -2.13. The largest absolute Gasteiger partial charge is 0.328 e. The first-order chi connectivity index (χ1) is 7.22. The van der Waals surface area contributed by atoms with E-state index in [4.69, 9.17) is 0 Å². The first-order valence-corrected chi connectivity index (χ1v) is 5.12. The van der Waals surface area contributed by atoms with E-state index in [0.717, 1.165) is 25.1 Å². The molecule has 15 heavy (non-hydrogen) atoms. The number of aryl methyl sites for hydroxylation is 2. The molecule has 0 saturated carbocycles. The summed E-state index contributed by atoms with van der Waals surface area (Å²) in [6.07, 6.45) is 4.53. The number of hydrogen-bond donors (Lipinski definition) is 1. The van der Waals surface area contributed by atoms with Gasteiger partial charge in [0, 0.05) is 13.5 Å². The molecule has 0 fully saturated rings. The highest BCUT2D eigenvalue weighted by molar-refractivity contribution is 5.69. The summed E-state index contributed by atoms with van der Waals surface area (Å²) in [5.74, 6) is 0.730. The fraction of sp³-hybridized carbons (Fsp3) is 0.500. The van der Waals surface area contributed by atoms with Crippen LogP contribution in [0.4, 0.5) is 0 Å². The molecule has 80 valence electrons. The Morgan fingerprint density at radius 3 is 3.07 bits per heavy atom. The number of H-pyrrole nitrogens is 1. The number of rotatable bonds is 3. The predicted molar refractivity (Wildman–Crippen MR) is 57.7 cm³/mol. The van der Waals surface area contributed by atoms with Crippen LogP contribution in [-0.4, -0.2) is 19.5 Å². The molecule has 0 atom stereocenters. The molecule has 0 aromatic carbocycles. The Morgan fingerprint density at radius 1 is 1.53 bits per heavy atom. The molecule has 0 unspecified atom stereocenters. The van der Waals surface area contributed by atoms with Crippen LogP contribution in [0.5, 0.6) is 0 Å². The molecule has 1 N–H and O–H groups in total. The van der Waals surface area contributed by atoms with Gasteiger partial charge in [-0.2, -0.15) is 0 Å². The maximum absolute atomic E-state index is 11.7. The number of nitrogens with zero attached hydrogens (tertiary/aromatic N) is 3. The van der Waals surface area contributed by atoms with E-state index < -0.39 is 0 Å². The first kappa shape index (κ1) is 9.89. The topological polar surface area (TPSA) is 63.6 Å². The third-order valence-electron chi connectivity index (χ3n) is 2.40. The van der Waals surface area contributed by atoms with Crippen molar-refractivity contribution in [3.8, 4) is 0 Å². The SMILES string of the molecule is CCCCc1nc2ncn(C)c2c(=O)[nH]1. The van der Waals surface area contributed by atoms with Gasteiger partial charge in [-0.25, -0.2) is 9.97 Å². The van der Waals surface area contributed by atoms with Gasteiger partial charge in [0.2, 0.25) is 0 Å². The van der Waals surface area contributed by atoms with E-state index >= 15 is 0 Å². The molecule has 0 saturated heterocycles. The zero-order chi connectivity index (χ0) is 10.8. The van der Waals surface area contributed by atoms with Crippen LogP contribution in [0, 0.1) is 0 Å². The number of nitrogens with one attached hydrogen (secondary N) is 1. The summed E-state index contributed by atoms with van der Waals surface area (Å²) in [7, 11) is 1.79. The van der Waals surface area contributed by atoms with Crippen molar-refractivity contribution in [3.05, 3.63) is 22.5 Å². The standard InChI is InChI=1S/C10H14N4O/c1-3-4-5-7-12-9-8(10(15)13-7)14(2)6-11-9/h6H,3-5H2,1-2H3,(H,12,13,15). The van der Waals surface area contributed by atoms with Crippen LogP contribution in [0.1, 0.15) is 25.6 Å². The molecule has 2 aromatic heterocycles. The van der Waals surface area contributed by atoms with Crippen LogP contribution < -0.4 is 5.56 Å². The van der Waals surface area contributed by atoms with E-state index in [9.17, 15) is 4.79 Å². The Bertz CT molecular complexity index is 526. The number of imidazole rings is 1.